The van der Waals surface area contributed by atoms with Gasteiger partial charge >= 0.3 is 41.8 Å². The normalized spacial score (nSPS) is 16.3. The molecule has 428 valence electrons. The van der Waals surface area contributed by atoms with Gasteiger partial charge in [0.25, 0.3) is 0 Å². The molecule has 0 aliphatic heterocycles. The summed E-state index contributed by atoms with van der Waals surface area (Å²) in [4.78, 5) is 171. The molecule has 0 heterocycles. The van der Waals surface area contributed by atoms with Gasteiger partial charge < -0.3 is 79.3 Å². The molecule has 76 heavy (non-hydrogen) atoms. The Bertz CT molecular complexity index is 2030. The van der Waals surface area contributed by atoms with Crippen LogP contribution in [0.1, 0.15) is 141 Å². The summed E-state index contributed by atoms with van der Waals surface area (Å²) in [6.45, 7) is 0.849. The Balaban J connectivity index is 2.68. The minimum Gasteiger partial charge on any atom is -0.481 e. The Hall–Kier alpha value is -7.46. The molecule has 1 aliphatic rings. The fourth-order valence-electron chi connectivity index (χ4n) is 8.06. The minimum atomic E-state index is -1.64. The van der Waals surface area contributed by atoms with E-state index in [0.29, 0.717) is 70.9 Å². The second-order valence-electron chi connectivity index (χ2n) is 18.6. The van der Waals surface area contributed by atoms with Crippen LogP contribution in [0.4, 0.5) is 4.79 Å². The third-order valence-electron chi connectivity index (χ3n) is 12.5. The van der Waals surface area contributed by atoms with E-state index in [0.717, 1.165) is 0 Å². The van der Waals surface area contributed by atoms with E-state index in [1.54, 1.807) is 0 Å². The zero-order chi connectivity index (χ0) is 57.3. The number of carboxylic acid groups (broad SMARTS) is 6. The van der Waals surface area contributed by atoms with Crippen molar-refractivity contribution in [1.29, 1.82) is 0 Å². The first kappa shape index (κ1) is 66.6. The molecule has 1 fully saturated rings. The van der Waals surface area contributed by atoms with Gasteiger partial charge in [0.15, 0.2) is 0 Å². The molecule has 6 unspecified atom stereocenters. The van der Waals surface area contributed by atoms with Crippen LogP contribution in [0.25, 0.3) is 0 Å². The van der Waals surface area contributed by atoms with Crippen molar-refractivity contribution in [3.63, 3.8) is 0 Å². The number of aliphatic carboxylic acids is 6. The second-order valence-corrected chi connectivity index (χ2v) is 18.6. The molecule has 1 rings (SSSR count). The summed E-state index contributed by atoms with van der Waals surface area (Å²) in [7, 11) is 0. The number of nitrogens with two attached hydrogens (primary N) is 2. The van der Waals surface area contributed by atoms with E-state index in [1.165, 1.54) is 0 Å². The van der Waals surface area contributed by atoms with E-state index in [1.807, 2.05) is 5.32 Å². The molecule has 29 nitrogen and oxygen atoms in total. The van der Waals surface area contributed by atoms with Crippen molar-refractivity contribution in [3.8, 4) is 0 Å². The zero-order valence-corrected chi connectivity index (χ0v) is 42.3. The standard InChI is InChI=1S/C47H75N9O20/c48-22-4-3-7-30(40(49)67)52-43(70)32(15-20-38(63)64)54-44(71)31(14-19-37(61)62)53-42(69)28(12-18-36(59)60)24-29(57)6-2-1-5-23-50-41(68)27-10-8-26(9-11-27)25-51-35(58)17-13-33(45(72)73)55-47(76)56-34(46(74)75)16-21-39(65)66/h26-28,30-34H,1-25,48H2,(H2,49,67)(H,50,68)(H,51,58)(H,52,70)(H,53,69)(H,54,71)(H,59,60)(H,61,62)(H,63,64)(H,65,66)(H,72,73)(H,74,75)(H2,55,56,76). The number of nitrogens with one attached hydrogen (secondary N) is 7. The highest BCUT2D eigenvalue weighted by atomic mass is 16.4. The predicted molar refractivity (Wildman–Crippen MR) is 262 cm³/mol. The fraction of sp³-hybridized carbons (Fsp3) is 0.702. The number of carboxylic acids is 6. The van der Waals surface area contributed by atoms with Crippen LogP contribution in [0.15, 0.2) is 0 Å². The largest absolute Gasteiger partial charge is 0.481 e. The monoisotopic (exact) mass is 1090 g/mol. The average Bonchev–Trinajstić information content (AvgIpc) is 3.34. The molecule has 29 heteroatoms. The topological polar surface area (TPSA) is 497 Å². The minimum absolute atomic E-state index is 0.0199. The highest BCUT2D eigenvalue weighted by Gasteiger charge is 2.33. The Morgan fingerprint density at radius 3 is 1.42 bits per heavy atom. The van der Waals surface area contributed by atoms with Crippen molar-refractivity contribution in [2.45, 2.75) is 171 Å². The van der Waals surface area contributed by atoms with Crippen molar-refractivity contribution >= 4 is 83.1 Å². The predicted octanol–water partition coefficient (Wildman–Crippen LogP) is -1.33. The Morgan fingerprint density at radius 2 is 0.934 bits per heavy atom. The van der Waals surface area contributed by atoms with Crippen LogP contribution in [-0.2, 0) is 62.3 Å². The van der Waals surface area contributed by atoms with E-state index in [4.69, 9.17) is 16.6 Å². The highest BCUT2D eigenvalue weighted by Crippen LogP contribution is 2.28. The van der Waals surface area contributed by atoms with Gasteiger partial charge in [0.2, 0.25) is 35.4 Å². The number of urea groups is 1. The number of carbonyl (C=O) groups is 14. The van der Waals surface area contributed by atoms with Crippen LogP contribution in [0.3, 0.4) is 0 Å². The molecule has 1 saturated carbocycles. The number of ketones is 1. The number of unbranched alkanes of at least 4 members (excludes halogenated alkanes) is 3. The van der Waals surface area contributed by atoms with Crippen LogP contribution < -0.4 is 48.7 Å². The van der Waals surface area contributed by atoms with E-state index < -0.39 is 165 Å². The first-order chi connectivity index (χ1) is 35.8. The molecular formula is C47H75N9O20. The molecule has 0 aromatic heterocycles. The molecule has 0 aromatic carbocycles. The van der Waals surface area contributed by atoms with Crippen molar-refractivity contribution in [2.75, 3.05) is 19.6 Å². The van der Waals surface area contributed by atoms with Crippen molar-refractivity contribution in [1.82, 2.24) is 37.2 Å². The number of carbonyl (C=O) groups excluding carboxylic acids is 8. The average molecular weight is 1090 g/mol. The Kier molecular flexibility index (Phi) is 31.9. The highest BCUT2D eigenvalue weighted by molar-refractivity contribution is 5.95. The summed E-state index contributed by atoms with van der Waals surface area (Å²) in [6, 6.07) is -8.72. The molecule has 6 atom stereocenters. The smallest absolute Gasteiger partial charge is 0.326 e. The maximum absolute atomic E-state index is 13.6. The lowest BCUT2D eigenvalue weighted by molar-refractivity contribution is -0.141. The van der Waals surface area contributed by atoms with E-state index in [2.05, 4.69) is 31.9 Å². The summed E-state index contributed by atoms with van der Waals surface area (Å²) in [6.07, 6.45) is -0.614. The summed E-state index contributed by atoms with van der Waals surface area (Å²) in [5.41, 5.74) is 10.9. The summed E-state index contributed by atoms with van der Waals surface area (Å²) < 4.78 is 0. The van der Waals surface area contributed by atoms with Gasteiger partial charge in [0, 0.05) is 69.9 Å². The Morgan fingerprint density at radius 1 is 0.461 bits per heavy atom. The molecule has 0 bridgehead atoms. The van der Waals surface area contributed by atoms with Gasteiger partial charge in [0.05, 0.1) is 0 Å². The lowest BCUT2D eigenvalue weighted by Gasteiger charge is -2.28. The molecule has 17 N–H and O–H groups in total. The van der Waals surface area contributed by atoms with Gasteiger partial charge in [-0.25, -0.2) is 14.4 Å². The van der Waals surface area contributed by atoms with Crippen LogP contribution >= 0.6 is 0 Å². The lowest BCUT2D eigenvalue weighted by atomic mass is 9.81. The molecule has 0 radical (unpaired) electrons. The van der Waals surface area contributed by atoms with Gasteiger partial charge in [0.1, 0.15) is 36.0 Å². The first-order valence-electron chi connectivity index (χ1n) is 25.2. The van der Waals surface area contributed by atoms with E-state index in [9.17, 15) is 92.7 Å². The molecule has 0 spiro atoms. The molecule has 0 saturated heterocycles. The fourth-order valence-corrected chi connectivity index (χ4v) is 8.06. The number of Topliss-reactive ketones (excluding diaryl/α,β-unsaturated/α-hetero) is 1. The molecule has 8 amide bonds. The van der Waals surface area contributed by atoms with Crippen molar-refractivity contribution in [2.24, 2.45) is 29.2 Å². The van der Waals surface area contributed by atoms with Gasteiger partial charge in [-0.15, -0.1) is 0 Å². The third-order valence-corrected chi connectivity index (χ3v) is 12.5. The van der Waals surface area contributed by atoms with Crippen LogP contribution in [0.5, 0.6) is 0 Å². The third kappa shape index (κ3) is 29.4. The van der Waals surface area contributed by atoms with Gasteiger partial charge in [-0.05, 0) is 102 Å². The number of hydrogen-bond donors (Lipinski definition) is 15. The molecule has 0 aromatic rings. The maximum Gasteiger partial charge on any atom is 0.326 e. The SMILES string of the molecule is NCCCCC(NC(=O)C(CCC(=O)O)NC(=O)C(CCC(=O)O)NC(=O)C(CCC(=O)O)CC(=O)CCCCCNC(=O)C1CCC(CNC(=O)CCC(NC(=O)NC(CCC(=O)O)C(=O)O)C(=O)O)CC1)C(N)=O. The van der Waals surface area contributed by atoms with E-state index in [-0.39, 0.29) is 56.4 Å². The molecular weight excluding hydrogens is 1010 g/mol. The van der Waals surface area contributed by atoms with Crippen LogP contribution in [0, 0.1) is 17.8 Å². The zero-order valence-electron chi connectivity index (χ0n) is 42.3. The van der Waals surface area contributed by atoms with E-state index >= 15 is 0 Å². The lowest BCUT2D eigenvalue weighted by Crippen LogP contribution is -2.57. The van der Waals surface area contributed by atoms with Gasteiger partial charge in [-0.2, -0.15) is 0 Å². The number of primary amides is 1. The number of hydrogen-bond acceptors (Lipinski definition) is 15. The van der Waals surface area contributed by atoms with Crippen molar-refractivity contribution < 1.29 is 97.8 Å². The second kappa shape index (κ2) is 36.5. The Labute approximate surface area is 437 Å². The summed E-state index contributed by atoms with van der Waals surface area (Å²) in [5, 5.41) is 72.2. The van der Waals surface area contributed by atoms with Gasteiger partial charge in [-0.3, -0.25) is 52.7 Å². The number of rotatable bonds is 41. The first-order valence-corrected chi connectivity index (χ1v) is 25.2. The number of amides is 8. The van der Waals surface area contributed by atoms with Gasteiger partial charge in [-0.1, -0.05) is 6.42 Å². The van der Waals surface area contributed by atoms with Crippen LogP contribution in [0.2, 0.25) is 0 Å². The summed E-state index contributed by atoms with van der Waals surface area (Å²) in [5.74, 6) is -14.8. The maximum atomic E-state index is 13.6. The van der Waals surface area contributed by atoms with Crippen LogP contribution in [-0.4, -0.2) is 164 Å². The van der Waals surface area contributed by atoms with Crippen molar-refractivity contribution in [3.05, 3.63) is 0 Å². The summed E-state index contributed by atoms with van der Waals surface area (Å²) >= 11 is 0. The quantitative estimate of drug-likeness (QED) is 0.0316. The molecule has 1 aliphatic carbocycles.